The predicted octanol–water partition coefficient (Wildman–Crippen LogP) is 1.53. The van der Waals surface area contributed by atoms with Crippen LogP contribution in [0.2, 0.25) is 5.15 Å². The zero-order chi connectivity index (χ0) is 13.8. The van der Waals surface area contributed by atoms with Crippen molar-refractivity contribution in [3.8, 4) is 0 Å². The van der Waals surface area contributed by atoms with Gasteiger partial charge in [0, 0.05) is 19.1 Å². The maximum absolute atomic E-state index is 12.1. The maximum Gasteiger partial charge on any atom is 0.253 e. The van der Waals surface area contributed by atoms with E-state index in [4.69, 9.17) is 17.3 Å². The monoisotopic (exact) mass is 282 g/mol. The molecule has 6 heteroatoms. The molecule has 2 rings (SSSR count). The van der Waals surface area contributed by atoms with Gasteiger partial charge in [-0.15, -0.1) is 0 Å². The van der Waals surface area contributed by atoms with E-state index in [0.29, 0.717) is 11.3 Å². The largest absolute Gasteiger partial charge is 0.397 e. The van der Waals surface area contributed by atoms with Gasteiger partial charge in [-0.05, 0) is 25.5 Å². The molecule has 0 atom stereocenters. The molecule has 1 saturated heterocycles. The molecule has 0 unspecified atom stereocenters. The third kappa shape index (κ3) is 3.58. The first-order valence-electron chi connectivity index (χ1n) is 6.54. The molecule has 1 aromatic heterocycles. The van der Waals surface area contributed by atoms with Crippen molar-refractivity contribution in [2.24, 2.45) is 0 Å². The summed E-state index contributed by atoms with van der Waals surface area (Å²) in [5.41, 5.74) is 6.50. The van der Waals surface area contributed by atoms with Gasteiger partial charge in [-0.1, -0.05) is 18.5 Å². The standard InChI is InChI=1S/C13H19ClN4O/c1-2-18-5-3-9(4-6-18)17-13(19)10-7-12(14)16-8-11(10)15/h7-9H,2-6,15H2,1H3,(H,17,19). The Morgan fingerprint density at radius 1 is 1.58 bits per heavy atom. The zero-order valence-electron chi connectivity index (χ0n) is 11.0. The average Bonchev–Trinajstić information content (AvgIpc) is 2.42. The van der Waals surface area contributed by atoms with E-state index in [0.717, 1.165) is 32.5 Å². The summed E-state index contributed by atoms with van der Waals surface area (Å²) in [4.78, 5) is 18.4. The lowest BCUT2D eigenvalue weighted by Crippen LogP contribution is -2.44. The lowest BCUT2D eigenvalue weighted by Gasteiger charge is -2.31. The Bertz CT molecular complexity index is 458. The van der Waals surface area contributed by atoms with Crippen LogP contribution in [0.15, 0.2) is 12.3 Å². The van der Waals surface area contributed by atoms with Gasteiger partial charge in [0.25, 0.3) is 5.91 Å². The Balaban J connectivity index is 1.96. The highest BCUT2D eigenvalue weighted by molar-refractivity contribution is 6.29. The van der Waals surface area contributed by atoms with Crippen LogP contribution in [0.1, 0.15) is 30.1 Å². The summed E-state index contributed by atoms with van der Waals surface area (Å²) in [6, 6.07) is 1.72. The van der Waals surface area contributed by atoms with Gasteiger partial charge in [0.1, 0.15) is 5.15 Å². The number of likely N-dealkylation sites (tertiary alicyclic amines) is 1. The van der Waals surface area contributed by atoms with Crippen LogP contribution in [0, 0.1) is 0 Å². The van der Waals surface area contributed by atoms with Crippen LogP contribution in [0.4, 0.5) is 5.69 Å². The number of nitrogens with zero attached hydrogens (tertiary/aromatic N) is 2. The summed E-state index contributed by atoms with van der Waals surface area (Å²) < 4.78 is 0. The quantitative estimate of drug-likeness (QED) is 0.825. The summed E-state index contributed by atoms with van der Waals surface area (Å²) in [6.07, 6.45) is 3.35. The number of hydrogen-bond acceptors (Lipinski definition) is 4. The molecule has 0 spiro atoms. The number of nitrogens with two attached hydrogens (primary N) is 1. The molecule has 0 saturated carbocycles. The Labute approximate surface area is 118 Å². The SMILES string of the molecule is CCN1CCC(NC(=O)c2cc(Cl)ncc2N)CC1. The fourth-order valence-electron chi connectivity index (χ4n) is 2.29. The number of nitrogens with one attached hydrogen (secondary N) is 1. The lowest BCUT2D eigenvalue weighted by atomic mass is 10.0. The number of amides is 1. The number of aromatic nitrogens is 1. The summed E-state index contributed by atoms with van der Waals surface area (Å²) in [5.74, 6) is -0.170. The van der Waals surface area contributed by atoms with Gasteiger partial charge in [0.05, 0.1) is 17.4 Å². The van der Waals surface area contributed by atoms with Crippen molar-refractivity contribution in [1.82, 2.24) is 15.2 Å². The van der Waals surface area contributed by atoms with E-state index in [1.165, 1.54) is 12.3 Å². The Morgan fingerprint density at radius 2 is 2.26 bits per heavy atom. The normalized spacial score (nSPS) is 17.4. The van der Waals surface area contributed by atoms with Gasteiger partial charge in [-0.2, -0.15) is 0 Å². The number of hydrogen-bond donors (Lipinski definition) is 2. The van der Waals surface area contributed by atoms with Gasteiger partial charge in [-0.3, -0.25) is 4.79 Å². The number of halogens is 1. The minimum absolute atomic E-state index is 0.170. The highest BCUT2D eigenvalue weighted by Gasteiger charge is 2.21. The van der Waals surface area contributed by atoms with Gasteiger partial charge < -0.3 is 16.0 Å². The van der Waals surface area contributed by atoms with Crippen LogP contribution >= 0.6 is 11.6 Å². The summed E-state index contributed by atoms with van der Waals surface area (Å²) >= 11 is 5.79. The zero-order valence-corrected chi connectivity index (χ0v) is 11.8. The van der Waals surface area contributed by atoms with Crippen LogP contribution in [-0.4, -0.2) is 41.5 Å². The molecule has 2 heterocycles. The number of pyridine rings is 1. The molecule has 1 aliphatic rings. The third-order valence-electron chi connectivity index (χ3n) is 3.52. The van der Waals surface area contributed by atoms with Crippen LogP contribution < -0.4 is 11.1 Å². The molecular weight excluding hydrogens is 264 g/mol. The number of carbonyl (C=O) groups is 1. The summed E-state index contributed by atoms with van der Waals surface area (Å²) in [5, 5.41) is 3.29. The van der Waals surface area contributed by atoms with Crippen molar-refractivity contribution >= 4 is 23.2 Å². The van der Waals surface area contributed by atoms with E-state index in [9.17, 15) is 4.79 Å². The Hall–Kier alpha value is -1.33. The highest BCUT2D eigenvalue weighted by atomic mass is 35.5. The second kappa shape index (κ2) is 6.21. The van der Waals surface area contributed by atoms with E-state index in [1.807, 2.05) is 0 Å². The van der Waals surface area contributed by atoms with Crippen molar-refractivity contribution in [2.75, 3.05) is 25.4 Å². The van der Waals surface area contributed by atoms with E-state index in [1.54, 1.807) is 0 Å². The van der Waals surface area contributed by atoms with Crippen molar-refractivity contribution in [2.45, 2.75) is 25.8 Å². The van der Waals surface area contributed by atoms with Crippen molar-refractivity contribution < 1.29 is 4.79 Å². The van der Waals surface area contributed by atoms with Gasteiger partial charge in [-0.25, -0.2) is 4.98 Å². The maximum atomic E-state index is 12.1. The summed E-state index contributed by atoms with van der Waals surface area (Å²) in [6.45, 7) is 5.26. The minimum atomic E-state index is -0.170. The number of rotatable bonds is 3. The first-order chi connectivity index (χ1) is 9.10. The number of nitrogen functional groups attached to an aromatic ring is 1. The van der Waals surface area contributed by atoms with Gasteiger partial charge in [0.15, 0.2) is 0 Å². The number of piperidine rings is 1. The topological polar surface area (TPSA) is 71.2 Å². The molecular formula is C13H19ClN4O. The average molecular weight is 283 g/mol. The van der Waals surface area contributed by atoms with E-state index in [-0.39, 0.29) is 17.1 Å². The minimum Gasteiger partial charge on any atom is -0.397 e. The molecule has 0 radical (unpaired) electrons. The highest BCUT2D eigenvalue weighted by Crippen LogP contribution is 2.16. The Morgan fingerprint density at radius 3 is 2.89 bits per heavy atom. The molecule has 104 valence electrons. The molecule has 1 aliphatic heterocycles. The van der Waals surface area contributed by atoms with Crippen LogP contribution in [0.25, 0.3) is 0 Å². The van der Waals surface area contributed by atoms with Gasteiger partial charge in [0.2, 0.25) is 0 Å². The molecule has 1 fully saturated rings. The van der Waals surface area contributed by atoms with Crippen molar-refractivity contribution in [1.29, 1.82) is 0 Å². The number of anilines is 1. The molecule has 0 aromatic carbocycles. The molecule has 5 nitrogen and oxygen atoms in total. The van der Waals surface area contributed by atoms with Crippen LogP contribution in [-0.2, 0) is 0 Å². The molecule has 1 amide bonds. The fourth-order valence-corrected chi connectivity index (χ4v) is 2.45. The molecule has 19 heavy (non-hydrogen) atoms. The van der Waals surface area contributed by atoms with E-state index < -0.39 is 0 Å². The van der Waals surface area contributed by atoms with Crippen molar-refractivity contribution in [3.05, 3.63) is 23.0 Å². The van der Waals surface area contributed by atoms with Crippen molar-refractivity contribution in [3.63, 3.8) is 0 Å². The van der Waals surface area contributed by atoms with E-state index in [2.05, 4.69) is 22.1 Å². The third-order valence-corrected chi connectivity index (χ3v) is 3.72. The van der Waals surface area contributed by atoms with E-state index >= 15 is 0 Å². The Kier molecular flexibility index (Phi) is 4.61. The molecule has 0 aliphatic carbocycles. The summed E-state index contributed by atoms with van der Waals surface area (Å²) in [7, 11) is 0. The fraction of sp³-hybridized carbons (Fsp3) is 0.538. The second-order valence-electron chi connectivity index (χ2n) is 4.78. The molecule has 0 bridgehead atoms. The molecule has 3 N–H and O–H groups in total. The van der Waals surface area contributed by atoms with Gasteiger partial charge >= 0.3 is 0 Å². The first-order valence-corrected chi connectivity index (χ1v) is 6.92. The predicted molar refractivity (Wildman–Crippen MR) is 76.3 cm³/mol. The smallest absolute Gasteiger partial charge is 0.253 e. The second-order valence-corrected chi connectivity index (χ2v) is 5.16. The number of carbonyl (C=O) groups excluding carboxylic acids is 1. The lowest BCUT2D eigenvalue weighted by molar-refractivity contribution is 0.0913. The van der Waals surface area contributed by atoms with Crippen LogP contribution in [0.5, 0.6) is 0 Å². The molecule has 1 aromatic rings. The first kappa shape index (κ1) is 14.1. The van der Waals surface area contributed by atoms with Crippen LogP contribution in [0.3, 0.4) is 0 Å².